The summed E-state index contributed by atoms with van der Waals surface area (Å²) < 4.78 is 5.24. The van der Waals surface area contributed by atoms with Crippen LogP contribution >= 0.6 is 0 Å². The summed E-state index contributed by atoms with van der Waals surface area (Å²) >= 11 is 0. The molecule has 16 heavy (non-hydrogen) atoms. The zero-order chi connectivity index (χ0) is 12.1. The van der Waals surface area contributed by atoms with E-state index in [-0.39, 0.29) is 6.04 Å². The first-order valence-corrected chi connectivity index (χ1v) is 6.10. The van der Waals surface area contributed by atoms with E-state index in [1.54, 1.807) is 0 Å². The van der Waals surface area contributed by atoms with Crippen molar-refractivity contribution in [2.75, 3.05) is 0 Å². The Morgan fingerprint density at radius 3 is 2.44 bits per heavy atom. The fourth-order valence-electron chi connectivity index (χ4n) is 1.81. The van der Waals surface area contributed by atoms with E-state index in [0.717, 1.165) is 6.42 Å². The Hall–Kier alpha value is -0.900. The van der Waals surface area contributed by atoms with Crippen molar-refractivity contribution < 1.29 is 4.52 Å². The van der Waals surface area contributed by atoms with Crippen LogP contribution in [0.3, 0.4) is 0 Å². The molecule has 0 aliphatic rings. The van der Waals surface area contributed by atoms with E-state index in [2.05, 4.69) is 43.2 Å². The zero-order valence-electron chi connectivity index (χ0n) is 10.9. The molecule has 0 saturated carbocycles. The molecule has 1 aromatic heterocycles. The molecule has 0 spiro atoms. The van der Waals surface area contributed by atoms with E-state index in [4.69, 9.17) is 4.52 Å². The van der Waals surface area contributed by atoms with Crippen LogP contribution in [0.5, 0.6) is 0 Å². The molecular weight excluding hydrogens is 202 g/mol. The molecule has 0 aliphatic heterocycles. The molecule has 0 radical (unpaired) electrons. The van der Waals surface area contributed by atoms with Crippen molar-refractivity contribution in [3.8, 4) is 0 Å². The molecule has 1 rings (SSSR count). The van der Waals surface area contributed by atoms with Crippen LogP contribution < -0.4 is 5.32 Å². The van der Waals surface area contributed by atoms with E-state index in [9.17, 15) is 0 Å². The van der Waals surface area contributed by atoms with Crippen LogP contribution in [0, 0.1) is 12.8 Å². The summed E-state index contributed by atoms with van der Waals surface area (Å²) in [5.74, 6) is 1.85. The fourth-order valence-corrected chi connectivity index (χ4v) is 1.81. The summed E-state index contributed by atoms with van der Waals surface area (Å²) in [5.41, 5.74) is 0. The van der Waals surface area contributed by atoms with Crippen LogP contribution in [0.1, 0.15) is 58.3 Å². The molecule has 1 aromatic rings. The number of hydrogen-bond acceptors (Lipinski definition) is 4. The molecule has 0 amide bonds. The minimum Gasteiger partial charge on any atom is -0.338 e. The largest absolute Gasteiger partial charge is 0.338 e. The summed E-state index contributed by atoms with van der Waals surface area (Å²) in [6, 6.07) is 0.632. The van der Waals surface area contributed by atoms with Gasteiger partial charge in [0.05, 0.1) is 6.04 Å². The van der Waals surface area contributed by atoms with Crippen molar-refractivity contribution in [3.05, 3.63) is 11.7 Å². The summed E-state index contributed by atoms with van der Waals surface area (Å²) in [7, 11) is 0. The third kappa shape index (κ3) is 3.59. The van der Waals surface area contributed by atoms with Crippen LogP contribution in [0.4, 0.5) is 0 Å². The highest BCUT2D eigenvalue weighted by Gasteiger charge is 2.23. The van der Waals surface area contributed by atoms with Gasteiger partial charge in [0.2, 0.25) is 5.89 Å². The normalized spacial score (nSPS) is 15.4. The molecule has 0 aliphatic carbocycles. The maximum Gasteiger partial charge on any atom is 0.244 e. The monoisotopic (exact) mass is 225 g/mol. The number of rotatable bonds is 6. The van der Waals surface area contributed by atoms with Crippen LogP contribution in [-0.4, -0.2) is 16.2 Å². The first-order valence-electron chi connectivity index (χ1n) is 6.10. The number of hydrogen-bond donors (Lipinski definition) is 1. The molecule has 2 atom stereocenters. The van der Waals surface area contributed by atoms with Gasteiger partial charge in [0.25, 0.3) is 0 Å². The van der Waals surface area contributed by atoms with Crippen LogP contribution in [0.25, 0.3) is 0 Å². The van der Waals surface area contributed by atoms with Gasteiger partial charge in [0.15, 0.2) is 5.82 Å². The Bertz CT molecular complexity index is 309. The second kappa shape index (κ2) is 5.99. The Kier molecular flexibility index (Phi) is 4.93. The van der Waals surface area contributed by atoms with Gasteiger partial charge in [0.1, 0.15) is 0 Å². The smallest absolute Gasteiger partial charge is 0.244 e. The average molecular weight is 225 g/mol. The van der Waals surface area contributed by atoms with Gasteiger partial charge in [-0.2, -0.15) is 4.98 Å². The average Bonchev–Trinajstić information content (AvgIpc) is 2.61. The second-order valence-electron chi connectivity index (χ2n) is 4.76. The third-order valence-electron chi connectivity index (χ3n) is 2.66. The molecule has 4 heteroatoms. The molecule has 0 bridgehead atoms. The van der Waals surface area contributed by atoms with E-state index in [1.165, 1.54) is 6.42 Å². The van der Waals surface area contributed by atoms with Gasteiger partial charge >= 0.3 is 0 Å². The quantitative estimate of drug-likeness (QED) is 0.808. The van der Waals surface area contributed by atoms with Crippen molar-refractivity contribution in [2.45, 2.75) is 59.5 Å². The van der Waals surface area contributed by atoms with Crippen LogP contribution in [-0.2, 0) is 0 Å². The van der Waals surface area contributed by atoms with Crippen LogP contribution in [0.2, 0.25) is 0 Å². The van der Waals surface area contributed by atoms with Gasteiger partial charge < -0.3 is 9.84 Å². The maximum absolute atomic E-state index is 5.24. The van der Waals surface area contributed by atoms with E-state index in [1.807, 2.05) is 6.92 Å². The van der Waals surface area contributed by atoms with E-state index in [0.29, 0.717) is 23.7 Å². The number of nitrogens with one attached hydrogen (secondary N) is 1. The van der Waals surface area contributed by atoms with Gasteiger partial charge in [-0.25, -0.2) is 0 Å². The van der Waals surface area contributed by atoms with Gasteiger partial charge in [-0.15, -0.1) is 0 Å². The van der Waals surface area contributed by atoms with Gasteiger partial charge in [0, 0.05) is 6.04 Å². The Balaban J connectivity index is 2.68. The Morgan fingerprint density at radius 1 is 1.31 bits per heavy atom. The predicted molar refractivity (Wildman–Crippen MR) is 64.1 cm³/mol. The van der Waals surface area contributed by atoms with E-state index < -0.39 is 0 Å². The number of nitrogens with zero attached hydrogens (tertiary/aromatic N) is 2. The highest BCUT2D eigenvalue weighted by atomic mass is 16.5. The first kappa shape index (κ1) is 13.2. The Labute approximate surface area is 97.8 Å². The lowest BCUT2D eigenvalue weighted by molar-refractivity contribution is 0.268. The highest BCUT2D eigenvalue weighted by molar-refractivity contribution is 4.93. The van der Waals surface area contributed by atoms with Gasteiger partial charge in [-0.05, 0) is 26.2 Å². The lowest BCUT2D eigenvalue weighted by atomic mass is 10.0. The van der Waals surface area contributed by atoms with Crippen molar-refractivity contribution >= 4 is 0 Å². The standard InChI is InChI=1S/C12H23N3O/c1-6-7-9(4)13-11(8(2)3)12-14-10(5)15-16-12/h8-9,11,13H,6-7H2,1-5H3. The summed E-state index contributed by atoms with van der Waals surface area (Å²) in [5, 5.41) is 7.40. The molecule has 92 valence electrons. The predicted octanol–water partition coefficient (Wildman–Crippen LogP) is 2.85. The number of aromatic nitrogens is 2. The molecule has 1 N–H and O–H groups in total. The summed E-state index contributed by atoms with van der Waals surface area (Å²) in [4.78, 5) is 4.31. The second-order valence-corrected chi connectivity index (χ2v) is 4.76. The topological polar surface area (TPSA) is 51.0 Å². The summed E-state index contributed by atoms with van der Waals surface area (Å²) in [6.45, 7) is 10.6. The fraction of sp³-hybridized carbons (Fsp3) is 0.833. The van der Waals surface area contributed by atoms with Crippen molar-refractivity contribution in [3.63, 3.8) is 0 Å². The minimum absolute atomic E-state index is 0.155. The Morgan fingerprint density at radius 2 is 2.00 bits per heavy atom. The lowest BCUT2D eigenvalue weighted by Crippen LogP contribution is -2.33. The highest BCUT2D eigenvalue weighted by Crippen LogP contribution is 2.21. The molecule has 1 heterocycles. The molecule has 0 fully saturated rings. The van der Waals surface area contributed by atoms with Crippen molar-refractivity contribution in [1.29, 1.82) is 0 Å². The molecule has 4 nitrogen and oxygen atoms in total. The molecule has 2 unspecified atom stereocenters. The maximum atomic E-state index is 5.24. The third-order valence-corrected chi connectivity index (χ3v) is 2.66. The zero-order valence-corrected chi connectivity index (χ0v) is 10.9. The van der Waals surface area contributed by atoms with Gasteiger partial charge in [-0.3, -0.25) is 0 Å². The SMILES string of the molecule is CCCC(C)NC(c1nc(C)no1)C(C)C. The lowest BCUT2D eigenvalue weighted by Gasteiger charge is -2.23. The minimum atomic E-state index is 0.155. The van der Waals surface area contributed by atoms with Crippen LogP contribution in [0.15, 0.2) is 4.52 Å². The number of aryl methyl sites for hydroxylation is 1. The molecule has 0 aromatic carbocycles. The van der Waals surface area contributed by atoms with Gasteiger partial charge in [-0.1, -0.05) is 32.3 Å². The summed E-state index contributed by atoms with van der Waals surface area (Å²) in [6.07, 6.45) is 2.35. The van der Waals surface area contributed by atoms with Crippen molar-refractivity contribution in [1.82, 2.24) is 15.5 Å². The first-order chi connectivity index (χ1) is 7.54. The molecular formula is C12H23N3O. The van der Waals surface area contributed by atoms with Crippen molar-refractivity contribution in [2.24, 2.45) is 5.92 Å². The van der Waals surface area contributed by atoms with E-state index >= 15 is 0 Å². The molecule has 0 saturated heterocycles.